The highest BCUT2D eigenvalue weighted by molar-refractivity contribution is 6.29. The Kier molecular flexibility index (Phi) is 3.38. The van der Waals surface area contributed by atoms with Gasteiger partial charge in [-0.2, -0.15) is 0 Å². The average molecular weight is 270 g/mol. The van der Waals surface area contributed by atoms with Crippen molar-refractivity contribution in [1.29, 1.82) is 0 Å². The van der Waals surface area contributed by atoms with Crippen molar-refractivity contribution in [3.63, 3.8) is 0 Å². The van der Waals surface area contributed by atoms with Gasteiger partial charge < -0.3 is 15.7 Å². The largest absolute Gasteiger partial charge is 0.478 e. The number of nitrogens with two attached hydrogens (primary N) is 1. The number of hydrogen-bond acceptors (Lipinski definition) is 4. The Balaban J connectivity index is 2.38. The number of pyridine rings is 1. The second kappa shape index (κ2) is 4.81. The van der Waals surface area contributed by atoms with Crippen LogP contribution in [0, 0.1) is 0 Å². The lowest BCUT2D eigenvalue weighted by Crippen LogP contribution is -2.40. The first kappa shape index (κ1) is 12.6. The first-order chi connectivity index (χ1) is 8.49. The minimum absolute atomic E-state index is 0.0418. The van der Waals surface area contributed by atoms with Crippen molar-refractivity contribution < 1.29 is 14.7 Å². The van der Waals surface area contributed by atoms with Crippen molar-refractivity contribution >= 4 is 29.3 Å². The third kappa shape index (κ3) is 2.38. The number of anilines is 1. The molecule has 0 spiro atoms. The summed E-state index contributed by atoms with van der Waals surface area (Å²) < 4.78 is 0. The third-order valence-electron chi connectivity index (χ3n) is 2.90. The smallest absolute Gasteiger partial charge is 0.335 e. The molecule has 7 heteroatoms. The fourth-order valence-electron chi connectivity index (χ4n) is 2.09. The lowest BCUT2D eigenvalue weighted by atomic mass is 10.2. The number of primary amides is 1. The van der Waals surface area contributed by atoms with E-state index in [9.17, 15) is 9.59 Å². The highest BCUT2D eigenvalue weighted by Gasteiger charge is 2.30. The Bertz CT molecular complexity index is 506. The molecule has 0 saturated carbocycles. The topological polar surface area (TPSA) is 96.5 Å². The van der Waals surface area contributed by atoms with E-state index in [1.807, 2.05) is 0 Å². The van der Waals surface area contributed by atoms with E-state index in [-0.39, 0.29) is 10.7 Å². The lowest BCUT2D eigenvalue weighted by Gasteiger charge is -2.23. The second-order valence-electron chi connectivity index (χ2n) is 4.10. The standard InChI is InChI=1S/C11H12ClN3O3/c12-8-4-6(11(17)18)5-9(14-8)15-3-1-2-7(15)10(13)16/h4-5,7H,1-3H2,(H2,13,16)(H,17,18). The summed E-state index contributed by atoms with van der Waals surface area (Å²) in [5, 5.41) is 9.04. The van der Waals surface area contributed by atoms with Crippen LogP contribution >= 0.6 is 11.6 Å². The number of carboxylic acid groups (broad SMARTS) is 1. The van der Waals surface area contributed by atoms with Gasteiger partial charge in [0.05, 0.1) is 5.56 Å². The van der Waals surface area contributed by atoms with Crippen LogP contribution in [0.4, 0.5) is 5.82 Å². The van der Waals surface area contributed by atoms with Crippen molar-refractivity contribution in [2.45, 2.75) is 18.9 Å². The molecule has 2 heterocycles. The summed E-state index contributed by atoms with van der Waals surface area (Å²) in [5.74, 6) is -1.15. The van der Waals surface area contributed by atoms with E-state index in [2.05, 4.69) is 4.98 Å². The fourth-order valence-corrected chi connectivity index (χ4v) is 2.29. The predicted molar refractivity (Wildman–Crippen MR) is 65.8 cm³/mol. The Labute approximate surface area is 108 Å². The zero-order valence-electron chi connectivity index (χ0n) is 9.47. The molecule has 1 atom stereocenters. The molecule has 1 amide bonds. The van der Waals surface area contributed by atoms with Crippen LogP contribution in [-0.4, -0.2) is 34.6 Å². The Morgan fingerprint density at radius 2 is 2.22 bits per heavy atom. The second-order valence-corrected chi connectivity index (χ2v) is 4.48. The molecule has 1 fully saturated rings. The number of nitrogens with zero attached hydrogens (tertiary/aromatic N) is 2. The number of aromatic carboxylic acids is 1. The van der Waals surface area contributed by atoms with Crippen molar-refractivity contribution in [1.82, 2.24) is 4.98 Å². The van der Waals surface area contributed by atoms with Crippen LogP contribution in [0.2, 0.25) is 5.15 Å². The van der Waals surface area contributed by atoms with Crippen molar-refractivity contribution in [3.05, 3.63) is 22.8 Å². The molecule has 0 aromatic carbocycles. The highest BCUT2D eigenvalue weighted by Crippen LogP contribution is 2.26. The molecule has 1 aliphatic heterocycles. The summed E-state index contributed by atoms with van der Waals surface area (Å²) >= 11 is 5.78. The zero-order valence-corrected chi connectivity index (χ0v) is 10.2. The van der Waals surface area contributed by atoms with Crippen LogP contribution < -0.4 is 10.6 Å². The van der Waals surface area contributed by atoms with Crippen LogP contribution in [0.15, 0.2) is 12.1 Å². The molecule has 0 bridgehead atoms. The monoisotopic (exact) mass is 269 g/mol. The lowest BCUT2D eigenvalue weighted by molar-refractivity contribution is -0.119. The van der Waals surface area contributed by atoms with E-state index in [4.69, 9.17) is 22.4 Å². The Morgan fingerprint density at radius 3 is 2.83 bits per heavy atom. The molecule has 18 heavy (non-hydrogen) atoms. The van der Waals surface area contributed by atoms with E-state index in [0.717, 1.165) is 6.42 Å². The zero-order chi connectivity index (χ0) is 13.3. The quantitative estimate of drug-likeness (QED) is 0.794. The van der Waals surface area contributed by atoms with Crippen LogP contribution in [0.5, 0.6) is 0 Å². The van der Waals surface area contributed by atoms with E-state index in [0.29, 0.717) is 18.8 Å². The van der Waals surface area contributed by atoms with Gasteiger partial charge in [0.2, 0.25) is 5.91 Å². The Morgan fingerprint density at radius 1 is 1.50 bits per heavy atom. The van der Waals surface area contributed by atoms with Gasteiger partial charge in [-0.1, -0.05) is 11.6 Å². The van der Waals surface area contributed by atoms with E-state index >= 15 is 0 Å². The van der Waals surface area contributed by atoms with Crippen LogP contribution in [-0.2, 0) is 4.79 Å². The number of aromatic nitrogens is 1. The van der Waals surface area contributed by atoms with Gasteiger partial charge in [0, 0.05) is 6.54 Å². The first-order valence-corrected chi connectivity index (χ1v) is 5.83. The summed E-state index contributed by atoms with van der Waals surface area (Å²) in [6.07, 6.45) is 1.45. The van der Waals surface area contributed by atoms with Gasteiger partial charge >= 0.3 is 5.97 Å². The maximum absolute atomic E-state index is 11.3. The fraction of sp³-hybridized carbons (Fsp3) is 0.364. The highest BCUT2D eigenvalue weighted by atomic mass is 35.5. The number of halogens is 1. The normalized spacial score (nSPS) is 18.9. The summed E-state index contributed by atoms with van der Waals surface area (Å²) in [4.78, 5) is 28.0. The number of rotatable bonds is 3. The van der Waals surface area contributed by atoms with Crippen molar-refractivity contribution in [3.8, 4) is 0 Å². The maximum Gasteiger partial charge on any atom is 0.335 e. The number of amides is 1. The van der Waals surface area contributed by atoms with Gasteiger partial charge in [-0.3, -0.25) is 4.79 Å². The Hall–Kier alpha value is -1.82. The molecule has 96 valence electrons. The summed E-state index contributed by atoms with van der Waals surface area (Å²) in [7, 11) is 0. The van der Waals surface area contributed by atoms with Crippen molar-refractivity contribution in [2.24, 2.45) is 5.73 Å². The molecule has 1 aliphatic rings. The number of carboxylic acids is 1. The van der Waals surface area contributed by atoms with Crippen LogP contribution in [0.1, 0.15) is 23.2 Å². The summed E-state index contributed by atoms with van der Waals surface area (Å²) in [5.41, 5.74) is 5.35. The number of hydrogen-bond donors (Lipinski definition) is 2. The number of carbonyl (C=O) groups is 2. The van der Waals surface area contributed by atoms with Gasteiger partial charge in [-0.05, 0) is 25.0 Å². The number of carbonyl (C=O) groups excluding carboxylic acids is 1. The molecular formula is C11H12ClN3O3. The predicted octanol–water partition coefficient (Wildman–Crippen LogP) is 0.887. The molecule has 1 saturated heterocycles. The van der Waals surface area contributed by atoms with E-state index in [1.165, 1.54) is 12.1 Å². The molecule has 1 aromatic rings. The molecule has 0 radical (unpaired) electrons. The maximum atomic E-state index is 11.3. The van der Waals surface area contributed by atoms with Crippen molar-refractivity contribution in [2.75, 3.05) is 11.4 Å². The average Bonchev–Trinajstić information content (AvgIpc) is 2.76. The van der Waals surface area contributed by atoms with E-state index < -0.39 is 17.9 Å². The summed E-state index contributed by atoms with van der Waals surface area (Å²) in [6, 6.07) is 2.22. The van der Waals surface area contributed by atoms with Gasteiger partial charge in [-0.25, -0.2) is 9.78 Å². The molecule has 0 aliphatic carbocycles. The molecule has 2 rings (SSSR count). The first-order valence-electron chi connectivity index (χ1n) is 5.46. The molecule has 3 N–H and O–H groups in total. The molecule has 6 nitrogen and oxygen atoms in total. The molecule has 1 aromatic heterocycles. The van der Waals surface area contributed by atoms with Gasteiger partial charge in [0.25, 0.3) is 0 Å². The third-order valence-corrected chi connectivity index (χ3v) is 3.10. The molecular weight excluding hydrogens is 258 g/mol. The minimum Gasteiger partial charge on any atom is -0.478 e. The minimum atomic E-state index is -1.09. The van der Waals surface area contributed by atoms with E-state index in [1.54, 1.807) is 4.90 Å². The van der Waals surface area contributed by atoms with Crippen LogP contribution in [0.3, 0.4) is 0 Å². The van der Waals surface area contributed by atoms with Gasteiger partial charge in [0.15, 0.2) is 0 Å². The van der Waals surface area contributed by atoms with Crippen LogP contribution in [0.25, 0.3) is 0 Å². The molecule has 1 unspecified atom stereocenters. The summed E-state index contributed by atoms with van der Waals surface area (Å²) in [6.45, 7) is 0.611. The van der Waals surface area contributed by atoms with Gasteiger partial charge in [0.1, 0.15) is 17.0 Å². The van der Waals surface area contributed by atoms with Gasteiger partial charge in [-0.15, -0.1) is 0 Å². The SMILES string of the molecule is NC(=O)C1CCCN1c1cc(C(=O)O)cc(Cl)n1.